The molecular weight excluding hydrogens is 369 g/mol. The molecule has 0 bridgehead atoms. The molecule has 1 heterocycles. The summed E-state index contributed by atoms with van der Waals surface area (Å²) in [5.41, 5.74) is 1.22. The van der Waals surface area contributed by atoms with Crippen LogP contribution >= 0.6 is 11.6 Å². The van der Waals surface area contributed by atoms with E-state index in [0.29, 0.717) is 5.02 Å². The van der Waals surface area contributed by atoms with Crippen LogP contribution in [0.2, 0.25) is 5.02 Å². The van der Waals surface area contributed by atoms with E-state index in [1.807, 2.05) is 31.2 Å². The molecule has 0 aromatic heterocycles. The van der Waals surface area contributed by atoms with Gasteiger partial charge in [0.05, 0.1) is 44.7 Å². The number of halogens is 2. The molecule has 1 saturated heterocycles. The molecule has 144 valence electrons. The number of hydrogen-bond acceptors (Lipinski definition) is 3. The van der Waals surface area contributed by atoms with Gasteiger partial charge in [0.2, 0.25) is 0 Å². The van der Waals surface area contributed by atoms with Crippen LogP contribution in [-0.2, 0) is 4.79 Å². The second kappa shape index (κ2) is 8.59. The Morgan fingerprint density at radius 3 is 2.63 bits per heavy atom. The van der Waals surface area contributed by atoms with Crippen molar-refractivity contribution >= 4 is 28.9 Å². The number of piperazine rings is 1. The first kappa shape index (κ1) is 19.5. The molecule has 0 aliphatic carbocycles. The third-order valence-electron chi connectivity index (χ3n) is 5.03. The second-order valence-electron chi connectivity index (χ2n) is 6.65. The van der Waals surface area contributed by atoms with Gasteiger partial charge in [0.1, 0.15) is 11.6 Å². The third kappa shape index (κ3) is 4.51. The van der Waals surface area contributed by atoms with E-state index in [0.717, 1.165) is 37.6 Å². The van der Waals surface area contributed by atoms with Crippen molar-refractivity contribution in [2.24, 2.45) is 0 Å². The number of nitrogens with zero attached hydrogens (tertiary/aromatic N) is 1. The normalized spacial score (nSPS) is 16.1. The smallest absolute Gasteiger partial charge is 0.282 e. The molecule has 0 spiro atoms. The first-order valence-corrected chi connectivity index (χ1v) is 9.36. The van der Waals surface area contributed by atoms with Gasteiger partial charge in [-0.2, -0.15) is 0 Å². The molecule has 3 rings (SSSR count). The maximum atomic E-state index is 13.9. The second-order valence-corrected chi connectivity index (χ2v) is 7.09. The number of ether oxygens (including phenoxy) is 1. The van der Waals surface area contributed by atoms with Crippen LogP contribution in [-0.4, -0.2) is 45.2 Å². The zero-order valence-electron chi connectivity index (χ0n) is 15.5. The minimum Gasteiger partial charge on any atom is -0.495 e. The van der Waals surface area contributed by atoms with Crippen molar-refractivity contribution in [3.63, 3.8) is 0 Å². The van der Waals surface area contributed by atoms with Crippen LogP contribution in [0.1, 0.15) is 6.92 Å². The number of para-hydroxylation sites is 2. The van der Waals surface area contributed by atoms with Crippen LogP contribution in [0.25, 0.3) is 0 Å². The highest BCUT2D eigenvalue weighted by atomic mass is 35.5. The molecule has 1 atom stereocenters. The molecule has 0 radical (unpaired) electrons. The van der Waals surface area contributed by atoms with E-state index < -0.39 is 5.82 Å². The number of benzene rings is 2. The van der Waals surface area contributed by atoms with Crippen LogP contribution in [0.4, 0.5) is 15.8 Å². The largest absolute Gasteiger partial charge is 0.495 e. The minimum absolute atomic E-state index is 0.156. The maximum absolute atomic E-state index is 13.9. The summed E-state index contributed by atoms with van der Waals surface area (Å²) in [6.45, 7) is 5.15. The Morgan fingerprint density at radius 2 is 1.96 bits per heavy atom. The number of nitrogens with one attached hydrogen (secondary N) is 2. The number of methoxy groups -OCH3 is 1. The highest BCUT2D eigenvalue weighted by Gasteiger charge is 2.30. The summed E-state index contributed by atoms with van der Waals surface area (Å²) in [5.74, 6) is 0.126. The highest BCUT2D eigenvalue weighted by molar-refractivity contribution is 6.30. The standard InChI is InChI=1S/C20H23ClFN3O2/c1-14(20(26)23-17-8-7-15(21)13-16(17)22)24-9-11-25(12-10-24)18-5-3-4-6-19(18)27-2/h3-8,13-14H,9-12H2,1-2H3,(H,23,26)/p+1/t14-/m0/s1. The lowest BCUT2D eigenvalue weighted by molar-refractivity contribution is -0.914. The molecule has 2 aromatic carbocycles. The fourth-order valence-corrected chi connectivity index (χ4v) is 3.53. The van der Waals surface area contributed by atoms with Crippen molar-refractivity contribution in [1.29, 1.82) is 0 Å². The first-order chi connectivity index (χ1) is 13.0. The molecule has 1 aliphatic rings. The quantitative estimate of drug-likeness (QED) is 0.820. The summed E-state index contributed by atoms with van der Waals surface area (Å²) in [6, 6.07) is 11.9. The SMILES string of the molecule is COc1ccccc1N1CC[NH+]([C@@H](C)C(=O)Nc2ccc(Cl)cc2F)CC1. The molecule has 0 unspecified atom stereocenters. The Morgan fingerprint density at radius 1 is 1.26 bits per heavy atom. The number of anilines is 2. The molecule has 5 nitrogen and oxygen atoms in total. The number of carbonyl (C=O) groups is 1. The molecule has 7 heteroatoms. The Bertz CT molecular complexity index is 810. The zero-order valence-corrected chi connectivity index (χ0v) is 16.2. The van der Waals surface area contributed by atoms with Crippen LogP contribution in [0.3, 0.4) is 0 Å². The summed E-state index contributed by atoms with van der Waals surface area (Å²) < 4.78 is 19.3. The highest BCUT2D eigenvalue weighted by Crippen LogP contribution is 2.27. The summed E-state index contributed by atoms with van der Waals surface area (Å²) in [7, 11) is 1.67. The van der Waals surface area contributed by atoms with Crippen molar-refractivity contribution in [3.05, 3.63) is 53.3 Å². The molecule has 1 aliphatic heterocycles. The average molecular weight is 393 g/mol. The molecule has 27 heavy (non-hydrogen) atoms. The van der Waals surface area contributed by atoms with E-state index in [4.69, 9.17) is 16.3 Å². The summed E-state index contributed by atoms with van der Waals surface area (Å²) in [5, 5.41) is 2.97. The van der Waals surface area contributed by atoms with Crippen LogP contribution in [0.15, 0.2) is 42.5 Å². The molecular formula is C20H24ClFN3O2+. The lowest BCUT2D eigenvalue weighted by Crippen LogP contribution is -3.19. The van der Waals surface area contributed by atoms with E-state index in [-0.39, 0.29) is 17.6 Å². The van der Waals surface area contributed by atoms with Crippen molar-refractivity contribution < 1.29 is 18.8 Å². The van der Waals surface area contributed by atoms with Crippen LogP contribution in [0.5, 0.6) is 5.75 Å². The number of quaternary nitrogens is 1. The van der Waals surface area contributed by atoms with Crippen molar-refractivity contribution in [2.45, 2.75) is 13.0 Å². The van der Waals surface area contributed by atoms with Gasteiger partial charge in [0, 0.05) is 5.02 Å². The Kier molecular flexibility index (Phi) is 6.19. The van der Waals surface area contributed by atoms with E-state index >= 15 is 0 Å². The van der Waals surface area contributed by atoms with Gasteiger partial charge < -0.3 is 19.9 Å². The van der Waals surface area contributed by atoms with Crippen LogP contribution < -0.4 is 19.9 Å². The molecule has 2 N–H and O–H groups in total. The van der Waals surface area contributed by atoms with E-state index in [9.17, 15) is 9.18 Å². The van der Waals surface area contributed by atoms with Gasteiger partial charge in [-0.15, -0.1) is 0 Å². The number of carbonyl (C=O) groups excluding carboxylic acids is 1. The Hall–Kier alpha value is -2.31. The van der Waals surface area contributed by atoms with Gasteiger partial charge >= 0.3 is 0 Å². The Labute approximate surface area is 163 Å². The van der Waals surface area contributed by atoms with Crippen LogP contribution in [0, 0.1) is 5.82 Å². The van der Waals surface area contributed by atoms with Gasteiger partial charge in [-0.1, -0.05) is 23.7 Å². The third-order valence-corrected chi connectivity index (χ3v) is 5.26. The molecule has 1 amide bonds. The van der Waals surface area contributed by atoms with Crippen molar-refractivity contribution in [3.8, 4) is 5.75 Å². The lowest BCUT2D eigenvalue weighted by Gasteiger charge is -2.36. The maximum Gasteiger partial charge on any atom is 0.282 e. The fourth-order valence-electron chi connectivity index (χ4n) is 3.38. The topological polar surface area (TPSA) is 46.0 Å². The Balaban J connectivity index is 1.59. The van der Waals surface area contributed by atoms with Crippen molar-refractivity contribution in [2.75, 3.05) is 43.5 Å². The minimum atomic E-state index is -0.529. The van der Waals surface area contributed by atoms with E-state index in [2.05, 4.69) is 10.2 Å². The lowest BCUT2D eigenvalue weighted by atomic mass is 10.2. The monoisotopic (exact) mass is 392 g/mol. The van der Waals surface area contributed by atoms with E-state index in [1.54, 1.807) is 13.2 Å². The predicted molar refractivity (Wildman–Crippen MR) is 105 cm³/mol. The van der Waals surface area contributed by atoms with Gasteiger partial charge in [-0.05, 0) is 37.3 Å². The van der Waals surface area contributed by atoms with Gasteiger partial charge in [-0.3, -0.25) is 4.79 Å². The summed E-state index contributed by atoms with van der Waals surface area (Å²) in [4.78, 5) is 16.0. The predicted octanol–water partition coefficient (Wildman–Crippen LogP) is 2.22. The zero-order chi connectivity index (χ0) is 19.4. The summed E-state index contributed by atoms with van der Waals surface area (Å²) >= 11 is 5.75. The van der Waals surface area contributed by atoms with Gasteiger partial charge in [0.15, 0.2) is 6.04 Å². The fraction of sp³-hybridized carbons (Fsp3) is 0.350. The number of amides is 1. The molecule has 0 saturated carbocycles. The molecule has 2 aromatic rings. The first-order valence-electron chi connectivity index (χ1n) is 8.98. The van der Waals surface area contributed by atoms with E-state index in [1.165, 1.54) is 17.0 Å². The molecule has 1 fully saturated rings. The number of rotatable bonds is 5. The average Bonchev–Trinajstić information content (AvgIpc) is 2.69. The van der Waals surface area contributed by atoms with Gasteiger partial charge in [0.25, 0.3) is 5.91 Å². The van der Waals surface area contributed by atoms with Gasteiger partial charge in [-0.25, -0.2) is 4.39 Å². The number of hydrogen-bond donors (Lipinski definition) is 2. The van der Waals surface area contributed by atoms with Crippen molar-refractivity contribution in [1.82, 2.24) is 0 Å². The summed E-state index contributed by atoms with van der Waals surface area (Å²) in [6.07, 6.45) is 0.